The van der Waals surface area contributed by atoms with Gasteiger partial charge in [-0.15, -0.1) is 0 Å². The Bertz CT molecular complexity index is 216. The Hall–Kier alpha value is -0.500. The molecule has 2 heteroatoms. The number of hydrogen-bond donors (Lipinski definition) is 1. The topological polar surface area (TPSA) is 29.5 Å². The molecule has 2 atom stereocenters. The molecular formula is C10H16O2. The van der Waals surface area contributed by atoms with Crippen molar-refractivity contribution < 1.29 is 9.84 Å². The zero-order chi connectivity index (χ0) is 8.77. The van der Waals surface area contributed by atoms with Gasteiger partial charge in [0, 0.05) is 6.42 Å². The summed E-state index contributed by atoms with van der Waals surface area (Å²) in [6.07, 6.45) is 4.72. The first kappa shape index (κ1) is 8.11. The third kappa shape index (κ3) is 1.24. The highest BCUT2D eigenvalue weighted by Crippen LogP contribution is 2.50. The summed E-state index contributed by atoms with van der Waals surface area (Å²) in [7, 11) is 0. The van der Waals surface area contributed by atoms with Crippen LogP contribution in [0, 0.1) is 5.41 Å². The first-order chi connectivity index (χ1) is 5.62. The summed E-state index contributed by atoms with van der Waals surface area (Å²) >= 11 is 0. The zero-order valence-corrected chi connectivity index (χ0v) is 7.71. The van der Waals surface area contributed by atoms with Crippen LogP contribution in [0.2, 0.25) is 0 Å². The van der Waals surface area contributed by atoms with E-state index in [0.29, 0.717) is 0 Å². The number of aliphatic hydroxyl groups is 1. The molecule has 1 aliphatic carbocycles. The number of rotatable bonds is 2. The van der Waals surface area contributed by atoms with E-state index in [4.69, 9.17) is 4.74 Å². The Morgan fingerprint density at radius 1 is 1.67 bits per heavy atom. The molecular weight excluding hydrogens is 152 g/mol. The molecule has 0 amide bonds. The van der Waals surface area contributed by atoms with E-state index in [1.165, 1.54) is 5.57 Å². The highest BCUT2D eigenvalue weighted by molar-refractivity contribution is 5.07. The molecule has 1 saturated carbocycles. The van der Waals surface area contributed by atoms with Gasteiger partial charge in [-0.1, -0.05) is 6.92 Å². The van der Waals surface area contributed by atoms with Crippen molar-refractivity contribution in [3.05, 3.63) is 11.8 Å². The second-order valence-corrected chi connectivity index (χ2v) is 4.44. The maximum atomic E-state index is 9.91. The first-order valence-corrected chi connectivity index (χ1v) is 4.61. The average molecular weight is 168 g/mol. The van der Waals surface area contributed by atoms with Crippen LogP contribution in [0.1, 0.15) is 33.1 Å². The van der Waals surface area contributed by atoms with Crippen LogP contribution < -0.4 is 0 Å². The average Bonchev–Trinajstić information content (AvgIpc) is 2.62. The number of hydrogen-bond acceptors (Lipinski definition) is 2. The van der Waals surface area contributed by atoms with E-state index in [-0.39, 0.29) is 17.6 Å². The van der Waals surface area contributed by atoms with Crippen LogP contribution >= 0.6 is 0 Å². The molecule has 0 saturated heterocycles. The minimum absolute atomic E-state index is 0.0255. The van der Waals surface area contributed by atoms with E-state index >= 15 is 0 Å². The molecule has 0 aromatic carbocycles. The molecule has 1 heterocycles. The normalized spacial score (nSPS) is 33.9. The third-order valence-electron chi connectivity index (χ3n) is 3.07. The second kappa shape index (κ2) is 2.49. The predicted octanol–water partition coefficient (Wildman–Crippen LogP) is 1.84. The quantitative estimate of drug-likeness (QED) is 0.681. The van der Waals surface area contributed by atoms with Crippen LogP contribution in [-0.2, 0) is 4.74 Å². The number of ether oxygens (including phenoxy) is 1. The SMILES string of the molecule is CC1=COC(C(O)C2(C)CC2)C1. The minimum atomic E-state index is -0.272. The molecule has 1 aliphatic heterocycles. The summed E-state index contributed by atoms with van der Waals surface area (Å²) in [5.41, 5.74) is 1.40. The molecule has 2 nitrogen and oxygen atoms in total. The van der Waals surface area contributed by atoms with Crippen molar-refractivity contribution in [2.75, 3.05) is 0 Å². The van der Waals surface area contributed by atoms with Crippen molar-refractivity contribution in [2.24, 2.45) is 5.41 Å². The smallest absolute Gasteiger partial charge is 0.128 e. The second-order valence-electron chi connectivity index (χ2n) is 4.44. The molecule has 2 unspecified atom stereocenters. The molecule has 0 bridgehead atoms. The van der Waals surface area contributed by atoms with E-state index in [2.05, 4.69) is 6.92 Å². The molecule has 2 rings (SSSR count). The first-order valence-electron chi connectivity index (χ1n) is 4.61. The lowest BCUT2D eigenvalue weighted by molar-refractivity contribution is -0.0175. The van der Waals surface area contributed by atoms with E-state index in [9.17, 15) is 5.11 Å². The van der Waals surface area contributed by atoms with E-state index in [0.717, 1.165) is 19.3 Å². The van der Waals surface area contributed by atoms with E-state index < -0.39 is 0 Å². The molecule has 68 valence electrons. The highest BCUT2D eigenvalue weighted by atomic mass is 16.5. The van der Waals surface area contributed by atoms with Gasteiger partial charge in [-0.2, -0.15) is 0 Å². The van der Waals surface area contributed by atoms with Gasteiger partial charge >= 0.3 is 0 Å². The van der Waals surface area contributed by atoms with Crippen LogP contribution in [0.25, 0.3) is 0 Å². The lowest BCUT2D eigenvalue weighted by Crippen LogP contribution is -2.32. The molecule has 1 N–H and O–H groups in total. The summed E-state index contributed by atoms with van der Waals surface area (Å²) in [6, 6.07) is 0. The van der Waals surface area contributed by atoms with Crippen LogP contribution in [0.5, 0.6) is 0 Å². The summed E-state index contributed by atoms with van der Waals surface area (Å²) < 4.78 is 5.38. The van der Waals surface area contributed by atoms with Crippen molar-refractivity contribution in [2.45, 2.75) is 45.3 Å². The van der Waals surface area contributed by atoms with Gasteiger partial charge in [0.25, 0.3) is 0 Å². The van der Waals surface area contributed by atoms with E-state index in [1.54, 1.807) is 6.26 Å². The molecule has 2 aliphatic rings. The van der Waals surface area contributed by atoms with Gasteiger partial charge in [-0.3, -0.25) is 0 Å². The largest absolute Gasteiger partial charge is 0.495 e. The van der Waals surface area contributed by atoms with Crippen molar-refractivity contribution in [3.63, 3.8) is 0 Å². The van der Waals surface area contributed by atoms with E-state index in [1.807, 2.05) is 6.92 Å². The molecule has 0 aromatic rings. The summed E-state index contributed by atoms with van der Waals surface area (Å²) in [6.45, 7) is 4.18. The Morgan fingerprint density at radius 2 is 2.33 bits per heavy atom. The fourth-order valence-electron chi connectivity index (χ4n) is 1.74. The number of aliphatic hydroxyl groups excluding tert-OH is 1. The van der Waals surface area contributed by atoms with Gasteiger partial charge < -0.3 is 9.84 Å². The standard InChI is InChI=1S/C10H16O2/c1-7-5-8(12-6-7)9(11)10(2)3-4-10/h6,8-9,11H,3-5H2,1-2H3. The molecule has 0 spiro atoms. The van der Waals surface area contributed by atoms with Crippen LogP contribution in [0.15, 0.2) is 11.8 Å². The van der Waals surface area contributed by atoms with Crippen molar-refractivity contribution in [1.29, 1.82) is 0 Å². The Kier molecular flexibility index (Phi) is 1.69. The maximum Gasteiger partial charge on any atom is 0.128 e. The summed E-state index contributed by atoms with van der Waals surface area (Å²) in [5.74, 6) is 0. The summed E-state index contributed by atoms with van der Waals surface area (Å²) in [5, 5.41) is 9.91. The third-order valence-corrected chi connectivity index (χ3v) is 3.07. The van der Waals surface area contributed by atoms with Crippen LogP contribution in [-0.4, -0.2) is 17.3 Å². The lowest BCUT2D eigenvalue weighted by atomic mass is 9.94. The van der Waals surface area contributed by atoms with Gasteiger partial charge in [-0.05, 0) is 30.8 Å². The Balaban J connectivity index is 1.94. The van der Waals surface area contributed by atoms with Gasteiger partial charge in [-0.25, -0.2) is 0 Å². The van der Waals surface area contributed by atoms with Gasteiger partial charge in [0.1, 0.15) is 6.10 Å². The molecule has 12 heavy (non-hydrogen) atoms. The maximum absolute atomic E-state index is 9.91. The Labute approximate surface area is 73.2 Å². The minimum Gasteiger partial charge on any atom is -0.495 e. The summed E-state index contributed by atoms with van der Waals surface area (Å²) in [4.78, 5) is 0. The molecule has 0 aromatic heterocycles. The van der Waals surface area contributed by atoms with Gasteiger partial charge in [0.2, 0.25) is 0 Å². The highest BCUT2D eigenvalue weighted by Gasteiger charge is 2.48. The lowest BCUT2D eigenvalue weighted by Gasteiger charge is -2.23. The zero-order valence-electron chi connectivity index (χ0n) is 7.71. The molecule has 0 radical (unpaired) electrons. The van der Waals surface area contributed by atoms with Crippen LogP contribution in [0.4, 0.5) is 0 Å². The monoisotopic (exact) mass is 168 g/mol. The van der Waals surface area contributed by atoms with Crippen LogP contribution in [0.3, 0.4) is 0 Å². The Morgan fingerprint density at radius 3 is 2.75 bits per heavy atom. The fraction of sp³-hybridized carbons (Fsp3) is 0.800. The molecule has 1 fully saturated rings. The van der Waals surface area contributed by atoms with Gasteiger partial charge in [0.05, 0.1) is 12.4 Å². The van der Waals surface area contributed by atoms with Crippen molar-refractivity contribution in [1.82, 2.24) is 0 Å². The predicted molar refractivity (Wildman–Crippen MR) is 46.6 cm³/mol. The van der Waals surface area contributed by atoms with Crippen molar-refractivity contribution >= 4 is 0 Å². The van der Waals surface area contributed by atoms with Crippen molar-refractivity contribution in [3.8, 4) is 0 Å². The van der Waals surface area contributed by atoms with Gasteiger partial charge in [0.15, 0.2) is 0 Å². The fourth-order valence-corrected chi connectivity index (χ4v) is 1.74.